The van der Waals surface area contributed by atoms with Crippen molar-refractivity contribution in [1.82, 2.24) is 4.98 Å². The van der Waals surface area contributed by atoms with E-state index in [0.717, 1.165) is 28.9 Å². The van der Waals surface area contributed by atoms with Crippen molar-refractivity contribution in [3.8, 4) is 5.75 Å². The van der Waals surface area contributed by atoms with Crippen LogP contribution in [0.2, 0.25) is 0 Å². The number of nitrogens with zero attached hydrogens (tertiary/aromatic N) is 1. The van der Waals surface area contributed by atoms with Gasteiger partial charge in [-0.15, -0.1) is 0 Å². The molecule has 0 spiro atoms. The van der Waals surface area contributed by atoms with E-state index in [4.69, 9.17) is 10.5 Å². The second kappa shape index (κ2) is 6.43. The van der Waals surface area contributed by atoms with Crippen LogP contribution in [0.5, 0.6) is 5.75 Å². The highest BCUT2D eigenvalue weighted by Gasteiger charge is 2.04. The first-order chi connectivity index (χ1) is 9.20. The average Bonchev–Trinajstić information content (AvgIpc) is 2.42. The lowest BCUT2D eigenvalue weighted by Crippen LogP contribution is -2.08. The van der Waals surface area contributed by atoms with Crippen molar-refractivity contribution in [2.75, 3.05) is 24.7 Å². The van der Waals surface area contributed by atoms with Gasteiger partial charge in [0, 0.05) is 12.7 Å². The van der Waals surface area contributed by atoms with Gasteiger partial charge in [-0.3, -0.25) is 4.98 Å². The van der Waals surface area contributed by atoms with Gasteiger partial charge in [0.25, 0.3) is 0 Å². The maximum Gasteiger partial charge on any atom is 0.119 e. The molecule has 5 heteroatoms. The predicted molar refractivity (Wildman–Crippen MR) is 81.5 cm³/mol. The third kappa shape index (κ3) is 3.61. The van der Waals surface area contributed by atoms with Crippen molar-refractivity contribution in [3.63, 3.8) is 0 Å². The fourth-order valence-corrected chi connectivity index (χ4v) is 2.28. The third-order valence-corrected chi connectivity index (χ3v) is 3.38. The summed E-state index contributed by atoms with van der Waals surface area (Å²) < 4.78 is 6.07. The quantitative estimate of drug-likeness (QED) is 0.888. The Morgan fingerprint density at radius 2 is 2.21 bits per heavy atom. The lowest BCUT2D eigenvalue weighted by molar-refractivity contribution is 0.414. The highest BCUT2D eigenvalue weighted by atomic mass is 79.9. The first kappa shape index (κ1) is 13.7. The molecule has 100 valence electrons. The minimum absolute atomic E-state index is 0.639. The van der Waals surface area contributed by atoms with Crippen LogP contribution >= 0.6 is 15.9 Å². The maximum atomic E-state index is 5.87. The molecule has 0 bridgehead atoms. The van der Waals surface area contributed by atoms with Gasteiger partial charge in [-0.1, -0.05) is 12.1 Å². The molecule has 19 heavy (non-hydrogen) atoms. The summed E-state index contributed by atoms with van der Waals surface area (Å²) in [5.41, 5.74) is 8.62. The smallest absolute Gasteiger partial charge is 0.119 e. The lowest BCUT2D eigenvalue weighted by atomic mass is 10.1. The molecule has 3 N–H and O–H groups in total. The number of ether oxygens (including phenoxy) is 1. The van der Waals surface area contributed by atoms with Crippen LogP contribution in [0, 0.1) is 0 Å². The van der Waals surface area contributed by atoms with Crippen LogP contribution in [-0.2, 0) is 6.42 Å². The van der Waals surface area contributed by atoms with Crippen LogP contribution < -0.4 is 15.8 Å². The number of pyridine rings is 1. The molecule has 1 aromatic carbocycles. The first-order valence-corrected chi connectivity index (χ1v) is 6.76. The van der Waals surface area contributed by atoms with E-state index >= 15 is 0 Å². The van der Waals surface area contributed by atoms with E-state index < -0.39 is 0 Å². The van der Waals surface area contributed by atoms with Gasteiger partial charge in [-0.25, -0.2) is 0 Å². The van der Waals surface area contributed by atoms with Gasteiger partial charge in [-0.05, 0) is 40.0 Å². The number of nitrogen functional groups attached to an aromatic ring is 1. The van der Waals surface area contributed by atoms with Crippen molar-refractivity contribution in [1.29, 1.82) is 0 Å². The van der Waals surface area contributed by atoms with Crippen molar-refractivity contribution >= 4 is 27.3 Å². The second-order valence-corrected chi connectivity index (χ2v) is 4.97. The van der Waals surface area contributed by atoms with Gasteiger partial charge in [0.15, 0.2) is 0 Å². The number of hydrogen-bond acceptors (Lipinski definition) is 4. The minimum Gasteiger partial charge on any atom is -0.497 e. The summed E-state index contributed by atoms with van der Waals surface area (Å²) in [6.45, 7) is 0.792. The highest BCUT2D eigenvalue weighted by Crippen LogP contribution is 2.26. The normalized spacial score (nSPS) is 10.2. The molecule has 0 saturated carbocycles. The Labute approximate surface area is 121 Å². The van der Waals surface area contributed by atoms with E-state index in [1.54, 1.807) is 19.5 Å². The standard InChI is InChI=1S/C14H16BrN3O/c1-19-11-4-2-3-10(7-11)5-6-18-14-12(15)8-17-9-13(14)16/h2-4,7-9H,5-6,16H2,1H3,(H,17,18). The zero-order valence-electron chi connectivity index (χ0n) is 10.7. The molecule has 0 saturated heterocycles. The van der Waals surface area contributed by atoms with E-state index in [0.29, 0.717) is 5.69 Å². The Kier molecular flexibility index (Phi) is 4.63. The second-order valence-electron chi connectivity index (χ2n) is 4.11. The fraction of sp³-hybridized carbons (Fsp3) is 0.214. The molecule has 0 atom stereocenters. The van der Waals surface area contributed by atoms with Crippen LogP contribution in [0.15, 0.2) is 41.1 Å². The molecule has 0 aliphatic heterocycles. The molecular formula is C14H16BrN3O. The van der Waals surface area contributed by atoms with Crippen molar-refractivity contribution < 1.29 is 4.74 Å². The molecule has 0 aliphatic carbocycles. The summed E-state index contributed by atoms with van der Waals surface area (Å²) in [5.74, 6) is 0.877. The number of methoxy groups -OCH3 is 1. The number of nitrogens with two attached hydrogens (primary N) is 1. The Hall–Kier alpha value is -1.75. The average molecular weight is 322 g/mol. The molecule has 0 amide bonds. The summed E-state index contributed by atoms with van der Waals surface area (Å²) in [7, 11) is 1.67. The number of rotatable bonds is 5. The van der Waals surface area contributed by atoms with Crippen molar-refractivity contribution in [2.45, 2.75) is 6.42 Å². The van der Waals surface area contributed by atoms with E-state index in [1.807, 2.05) is 18.2 Å². The summed E-state index contributed by atoms with van der Waals surface area (Å²) in [6.07, 6.45) is 4.26. The summed E-state index contributed by atoms with van der Waals surface area (Å²) in [4.78, 5) is 4.00. The Morgan fingerprint density at radius 1 is 1.37 bits per heavy atom. The number of hydrogen-bond donors (Lipinski definition) is 2. The van der Waals surface area contributed by atoms with Crippen molar-refractivity contribution in [2.24, 2.45) is 0 Å². The Morgan fingerprint density at radius 3 is 2.95 bits per heavy atom. The summed E-state index contributed by atoms with van der Waals surface area (Å²) >= 11 is 3.43. The molecule has 1 heterocycles. The van der Waals surface area contributed by atoms with Crippen LogP contribution in [0.3, 0.4) is 0 Å². The first-order valence-electron chi connectivity index (χ1n) is 5.96. The van der Waals surface area contributed by atoms with Crippen molar-refractivity contribution in [3.05, 3.63) is 46.7 Å². The van der Waals surface area contributed by atoms with Gasteiger partial charge in [0.05, 0.1) is 29.2 Å². The monoisotopic (exact) mass is 321 g/mol. The van der Waals surface area contributed by atoms with Crippen LogP contribution in [0.1, 0.15) is 5.56 Å². The van der Waals surface area contributed by atoms with E-state index in [1.165, 1.54) is 5.56 Å². The van der Waals surface area contributed by atoms with Crippen LogP contribution in [-0.4, -0.2) is 18.6 Å². The number of anilines is 2. The molecule has 0 fully saturated rings. The van der Waals surface area contributed by atoms with E-state index in [2.05, 4.69) is 32.3 Å². The molecule has 0 aliphatic rings. The summed E-state index contributed by atoms with van der Waals surface area (Å²) in [6, 6.07) is 8.04. The molecular weight excluding hydrogens is 306 g/mol. The molecule has 2 aromatic rings. The summed E-state index contributed by atoms with van der Waals surface area (Å²) in [5, 5.41) is 3.31. The van der Waals surface area contributed by atoms with Crippen LogP contribution in [0.25, 0.3) is 0 Å². The van der Waals surface area contributed by atoms with Gasteiger partial charge in [0.2, 0.25) is 0 Å². The maximum absolute atomic E-state index is 5.87. The number of halogens is 1. The Balaban J connectivity index is 1.96. The molecule has 0 radical (unpaired) electrons. The molecule has 2 rings (SSSR count). The molecule has 4 nitrogen and oxygen atoms in total. The van der Waals surface area contributed by atoms with Gasteiger partial charge < -0.3 is 15.8 Å². The van der Waals surface area contributed by atoms with E-state index in [-0.39, 0.29) is 0 Å². The van der Waals surface area contributed by atoms with E-state index in [9.17, 15) is 0 Å². The lowest BCUT2D eigenvalue weighted by Gasteiger charge is -2.11. The molecule has 0 unspecified atom stereocenters. The highest BCUT2D eigenvalue weighted by molar-refractivity contribution is 9.10. The van der Waals surface area contributed by atoms with Gasteiger partial charge in [-0.2, -0.15) is 0 Å². The largest absolute Gasteiger partial charge is 0.497 e. The van der Waals surface area contributed by atoms with Crippen LogP contribution in [0.4, 0.5) is 11.4 Å². The Bertz CT molecular complexity index is 540. The third-order valence-electron chi connectivity index (χ3n) is 2.78. The number of benzene rings is 1. The predicted octanol–water partition coefficient (Wildman–Crippen LogP) is 3.09. The molecule has 1 aromatic heterocycles. The topological polar surface area (TPSA) is 60.2 Å². The number of nitrogens with one attached hydrogen (secondary N) is 1. The van der Waals surface area contributed by atoms with Gasteiger partial charge >= 0.3 is 0 Å². The fourth-order valence-electron chi connectivity index (χ4n) is 1.80. The van der Waals surface area contributed by atoms with Gasteiger partial charge in [0.1, 0.15) is 5.75 Å². The number of aromatic nitrogens is 1. The zero-order chi connectivity index (χ0) is 13.7. The SMILES string of the molecule is COc1cccc(CCNc2c(N)cncc2Br)c1. The minimum atomic E-state index is 0.639. The zero-order valence-corrected chi connectivity index (χ0v) is 12.3.